The molecule has 1 aromatic heterocycles. The Labute approximate surface area is 240 Å². The zero-order valence-corrected chi connectivity index (χ0v) is 23.2. The highest BCUT2D eigenvalue weighted by Gasteiger charge is 2.16. The van der Waals surface area contributed by atoms with Crippen LogP contribution in [0.2, 0.25) is 0 Å². The van der Waals surface area contributed by atoms with E-state index in [-0.39, 0.29) is 0 Å². The first-order chi connectivity index (χ1) is 19.8. The number of hydrogen-bond donors (Lipinski definition) is 0. The summed E-state index contributed by atoms with van der Waals surface area (Å²) in [6, 6.07) is 49.7. The summed E-state index contributed by atoms with van der Waals surface area (Å²) in [4.78, 5) is 0. The molecule has 188 valence electrons. The minimum Gasteiger partial charge on any atom is -0.456 e. The van der Waals surface area contributed by atoms with Crippen LogP contribution in [0.25, 0.3) is 76.9 Å². The maximum atomic E-state index is 6.16. The van der Waals surface area contributed by atoms with E-state index in [2.05, 4.69) is 143 Å². The SMILES string of the molecule is Brc1c2ccccc2c(-c2ccc(-c3cccc4oc5ccccc5c34)cc2)c2cc(-c3ccccc3)ccc12. The Hall–Kier alpha value is -4.66. The second-order valence-corrected chi connectivity index (χ2v) is 11.0. The van der Waals surface area contributed by atoms with Crippen LogP contribution in [0.3, 0.4) is 0 Å². The fourth-order valence-electron chi connectivity index (χ4n) is 6.08. The van der Waals surface area contributed by atoms with Crippen LogP contribution in [0, 0.1) is 0 Å². The van der Waals surface area contributed by atoms with Gasteiger partial charge >= 0.3 is 0 Å². The van der Waals surface area contributed by atoms with Crippen LogP contribution in [0.4, 0.5) is 0 Å². The highest BCUT2D eigenvalue weighted by molar-refractivity contribution is 9.10. The molecule has 0 amide bonds. The molecule has 1 nitrogen and oxygen atoms in total. The molecule has 40 heavy (non-hydrogen) atoms. The van der Waals surface area contributed by atoms with Gasteiger partial charge in [-0.15, -0.1) is 0 Å². The van der Waals surface area contributed by atoms with Crippen LogP contribution in [0.5, 0.6) is 0 Å². The first kappa shape index (κ1) is 23.2. The summed E-state index contributed by atoms with van der Waals surface area (Å²) in [7, 11) is 0. The lowest BCUT2D eigenvalue weighted by Gasteiger charge is -2.16. The maximum Gasteiger partial charge on any atom is 0.136 e. The fourth-order valence-corrected chi connectivity index (χ4v) is 6.77. The van der Waals surface area contributed by atoms with Gasteiger partial charge in [0.05, 0.1) is 0 Å². The Kier molecular flexibility index (Phi) is 5.36. The van der Waals surface area contributed by atoms with Crippen molar-refractivity contribution >= 4 is 59.4 Å². The topological polar surface area (TPSA) is 13.1 Å². The molecular weight excluding hydrogens is 552 g/mol. The third-order valence-corrected chi connectivity index (χ3v) is 8.81. The molecule has 2 heteroatoms. The lowest BCUT2D eigenvalue weighted by molar-refractivity contribution is 0.669. The molecule has 0 N–H and O–H groups in total. The van der Waals surface area contributed by atoms with E-state index in [0.717, 1.165) is 26.4 Å². The summed E-state index contributed by atoms with van der Waals surface area (Å²) >= 11 is 3.94. The molecule has 0 fully saturated rings. The van der Waals surface area contributed by atoms with Gasteiger partial charge in [0.2, 0.25) is 0 Å². The molecule has 0 bridgehead atoms. The molecular formula is C38H23BrO. The van der Waals surface area contributed by atoms with E-state index in [0.29, 0.717) is 0 Å². The molecule has 0 aliphatic carbocycles. The van der Waals surface area contributed by atoms with Gasteiger partial charge in [-0.3, -0.25) is 0 Å². The van der Waals surface area contributed by atoms with E-state index >= 15 is 0 Å². The maximum absolute atomic E-state index is 6.16. The van der Waals surface area contributed by atoms with Gasteiger partial charge in [0, 0.05) is 15.2 Å². The third-order valence-electron chi connectivity index (χ3n) is 7.95. The number of halogens is 1. The number of hydrogen-bond acceptors (Lipinski definition) is 1. The average Bonchev–Trinajstić information content (AvgIpc) is 3.41. The Morgan fingerprint density at radius 3 is 1.85 bits per heavy atom. The minimum absolute atomic E-state index is 0.918. The summed E-state index contributed by atoms with van der Waals surface area (Å²) in [6.07, 6.45) is 0. The van der Waals surface area contributed by atoms with Crippen LogP contribution < -0.4 is 0 Å². The van der Waals surface area contributed by atoms with E-state index in [1.807, 2.05) is 12.1 Å². The van der Waals surface area contributed by atoms with Gasteiger partial charge in [-0.25, -0.2) is 0 Å². The summed E-state index contributed by atoms with van der Waals surface area (Å²) < 4.78 is 7.29. The van der Waals surface area contributed by atoms with E-state index in [1.165, 1.54) is 54.9 Å². The molecule has 7 aromatic carbocycles. The van der Waals surface area contributed by atoms with Crippen molar-refractivity contribution in [3.8, 4) is 33.4 Å². The van der Waals surface area contributed by atoms with Crippen LogP contribution in [0.1, 0.15) is 0 Å². The van der Waals surface area contributed by atoms with Gasteiger partial charge in [-0.2, -0.15) is 0 Å². The highest BCUT2D eigenvalue weighted by atomic mass is 79.9. The molecule has 0 aliphatic heterocycles. The first-order valence-electron chi connectivity index (χ1n) is 13.5. The Morgan fingerprint density at radius 1 is 0.400 bits per heavy atom. The molecule has 0 radical (unpaired) electrons. The van der Waals surface area contributed by atoms with Crippen LogP contribution in [-0.4, -0.2) is 0 Å². The van der Waals surface area contributed by atoms with Crippen LogP contribution in [0.15, 0.2) is 148 Å². The van der Waals surface area contributed by atoms with Crippen LogP contribution in [-0.2, 0) is 0 Å². The Morgan fingerprint density at radius 2 is 1.02 bits per heavy atom. The number of para-hydroxylation sites is 1. The monoisotopic (exact) mass is 574 g/mol. The average molecular weight is 576 g/mol. The minimum atomic E-state index is 0.918. The van der Waals surface area contributed by atoms with E-state index in [1.54, 1.807) is 0 Å². The molecule has 0 saturated carbocycles. The van der Waals surface area contributed by atoms with Crippen molar-refractivity contribution in [3.63, 3.8) is 0 Å². The smallest absolute Gasteiger partial charge is 0.136 e. The van der Waals surface area contributed by atoms with Gasteiger partial charge in [0.25, 0.3) is 0 Å². The van der Waals surface area contributed by atoms with Crippen molar-refractivity contribution in [1.29, 1.82) is 0 Å². The molecule has 0 unspecified atom stereocenters. The Bertz CT molecular complexity index is 2210. The highest BCUT2D eigenvalue weighted by Crippen LogP contribution is 2.44. The molecule has 8 rings (SSSR count). The van der Waals surface area contributed by atoms with Crippen molar-refractivity contribution in [3.05, 3.63) is 144 Å². The lowest BCUT2D eigenvalue weighted by Crippen LogP contribution is -1.89. The number of rotatable bonds is 3. The van der Waals surface area contributed by atoms with E-state index in [9.17, 15) is 0 Å². The predicted molar refractivity (Wildman–Crippen MR) is 173 cm³/mol. The van der Waals surface area contributed by atoms with Crippen molar-refractivity contribution < 1.29 is 4.42 Å². The van der Waals surface area contributed by atoms with E-state index in [4.69, 9.17) is 4.42 Å². The zero-order valence-electron chi connectivity index (χ0n) is 21.6. The molecule has 0 spiro atoms. The molecule has 1 heterocycles. The normalized spacial score (nSPS) is 11.6. The molecule has 0 aliphatic rings. The lowest BCUT2D eigenvalue weighted by atomic mass is 9.89. The quantitative estimate of drug-likeness (QED) is 0.191. The van der Waals surface area contributed by atoms with Crippen molar-refractivity contribution in [2.45, 2.75) is 0 Å². The summed E-state index contributed by atoms with van der Waals surface area (Å²) in [5.41, 5.74) is 9.09. The predicted octanol–water partition coefficient (Wildman–Crippen LogP) is 11.7. The van der Waals surface area contributed by atoms with Crippen LogP contribution >= 0.6 is 15.9 Å². The van der Waals surface area contributed by atoms with Gasteiger partial charge < -0.3 is 4.42 Å². The summed E-state index contributed by atoms with van der Waals surface area (Å²) in [6.45, 7) is 0. The number of benzene rings is 7. The van der Waals surface area contributed by atoms with Crippen molar-refractivity contribution in [2.24, 2.45) is 0 Å². The standard InChI is InChI=1S/C38H23BrO/c39-38-30-12-5-4-11-29(30)36(33-23-27(21-22-31(33)38)24-9-2-1-3-10-24)26-19-17-25(18-20-26)28-14-8-16-35-37(28)32-13-6-7-15-34(32)40-35/h1-23H. The van der Waals surface area contributed by atoms with Gasteiger partial charge in [-0.1, -0.05) is 121 Å². The second-order valence-electron chi connectivity index (χ2n) is 10.2. The summed E-state index contributed by atoms with van der Waals surface area (Å²) in [5, 5.41) is 7.22. The number of furan rings is 1. The fraction of sp³-hybridized carbons (Fsp3) is 0. The molecule has 8 aromatic rings. The third kappa shape index (κ3) is 3.61. The van der Waals surface area contributed by atoms with Crippen molar-refractivity contribution in [2.75, 3.05) is 0 Å². The van der Waals surface area contributed by atoms with Gasteiger partial charge in [0.15, 0.2) is 0 Å². The van der Waals surface area contributed by atoms with E-state index < -0.39 is 0 Å². The zero-order chi connectivity index (χ0) is 26.6. The van der Waals surface area contributed by atoms with Gasteiger partial charge in [0.1, 0.15) is 11.2 Å². The summed E-state index contributed by atoms with van der Waals surface area (Å²) in [5.74, 6) is 0. The van der Waals surface area contributed by atoms with Crippen molar-refractivity contribution in [1.82, 2.24) is 0 Å². The Balaban J connectivity index is 1.35. The molecule has 0 saturated heterocycles. The second kappa shape index (κ2) is 9.22. The largest absolute Gasteiger partial charge is 0.456 e. The number of fused-ring (bicyclic) bond motifs is 5. The van der Waals surface area contributed by atoms with Gasteiger partial charge in [-0.05, 0) is 89.1 Å². The molecule has 0 atom stereocenters. The first-order valence-corrected chi connectivity index (χ1v) is 14.3.